The molecule has 2 aromatic carbocycles. The van der Waals surface area contributed by atoms with Crippen molar-refractivity contribution in [2.24, 2.45) is 5.73 Å². The number of aromatic nitrogens is 1. The zero-order valence-corrected chi connectivity index (χ0v) is 13.2. The van der Waals surface area contributed by atoms with Gasteiger partial charge in [-0.1, -0.05) is 36.4 Å². The van der Waals surface area contributed by atoms with Crippen molar-refractivity contribution in [3.8, 4) is 5.75 Å². The molecule has 1 amide bonds. The molecule has 0 fully saturated rings. The van der Waals surface area contributed by atoms with Gasteiger partial charge in [-0.05, 0) is 23.8 Å². The van der Waals surface area contributed by atoms with E-state index in [4.69, 9.17) is 10.5 Å². The Morgan fingerprint density at radius 3 is 2.71 bits per heavy atom. The van der Waals surface area contributed by atoms with Crippen LogP contribution in [0.15, 0.2) is 60.8 Å². The number of nitrogens with one attached hydrogen (secondary N) is 1. The summed E-state index contributed by atoms with van der Waals surface area (Å²) in [4.78, 5) is 16.7. The smallest absolute Gasteiger partial charge is 0.252 e. The average Bonchev–Trinajstić information content (AvgIpc) is 2.65. The summed E-state index contributed by atoms with van der Waals surface area (Å²) in [6, 6.07) is 17.1. The maximum atomic E-state index is 12.3. The van der Waals surface area contributed by atoms with Gasteiger partial charge in [-0.2, -0.15) is 0 Å². The molecule has 3 aromatic rings. The summed E-state index contributed by atoms with van der Waals surface area (Å²) < 4.78 is 5.91. The summed E-state index contributed by atoms with van der Waals surface area (Å²) in [6.45, 7) is 1.29. The lowest BCUT2D eigenvalue weighted by Crippen LogP contribution is -2.29. The van der Waals surface area contributed by atoms with Gasteiger partial charge >= 0.3 is 0 Å². The summed E-state index contributed by atoms with van der Waals surface area (Å²) in [5, 5.41) is 3.55. The van der Waals surface area contributed by atoms with Gasteiger partial charge in [0.2, 0.25) is 0 Å². The number of hydrogen-bond acceptors (Lipinski definition) is 4. The number of carbonyl (C=O) groups excluding carboxylic acids is 1. The molecule has 0 spiro atoms. The third-order valence-electron chi connectivity index (χ3n) is 3.64. The van der Waals surface area contributed by atoms with Crippen molar-refractivity contribution in [3.05, 3.63) is 71.9 Å². The molecule has 3 rings (SSSR count). The highest BCUT2D eigenvalue weighted by Gasteiger charge is 2.13. The molecule has 5 nitrogen and oxygen atoms in total. The van der Waals surface area contributed by atoms with Crippen molar-refractivity contribution in [3.63, 3.8) is 0 Å². The van der Waals surface area contributed by atoms with E-state index in [0.29, 0.717) is 36.5 Å². The summed E-state index contributed by atoms with van der Waals surface area (Å²) >= 11 is 0. The number of carbonyl (C=O) groups is 1. The van der Waals surface area contributed by atoms with Gasteiger partial charge in [0.15, 0.2) is 0 Å². The zero-order chi connectivity index (χ0) is 16.8. The molecule has 1 aromatic heterocycles. The van der Waals surface area contributed by atoms with E-state index < -0.39 is 0 Å². The SMILES string of the molecule is NCCNC(=O)c1ccc(OCc2ccccc2)c2ncccc12. The third-order valence-corrected chi connectivity index (χ3v) is 3.64. The predicted molar refractivity (Wildman–Crippen MR) is 93.9 cm³/mol. The normalized spacial score (nSPS) is 10.5. The molecule has 0 aliphatic heterocycles. The van der Waals surface area contributed by atoms with Crippen molar-refractivity contribution in [1.29, 1.82) is 0 Å². The second kappa shape index (κ2) is 7.57. The standard InChI is InChI=1S/C19H19N3O2/c20-10-12-22-19(23)16-8-9-17(18-15(16)7-4-11-21-18)24-13-14-5-2-1-3-6-14/h1-9,11H,10,12-13,20H2,(H,22,23). The number of fused-ring (bicyclic) bond motifs is 1. The summed E-state index contributed by atoms with van der Waals surface area (Å²) in [7, 11) is 0. The van der Waals surface area contributed by atoms with Gasteiger partial charge in [0, 0.05) is 30.2 Å². The lowest BCUT2D eigenvalue weighted by molar-refractivity contribution is 0.0956. The number of benzene rings is 2. The van der Waals surface area contributed by atoms with Crippen LogP contribution in [0.4, 0.5) is 0 Å². The number of nitrogens with zero attached hydrogens (tertiary/aromatic N) is 1. The molecule has 0 aliphatic carbocycles. The molecule has 0 unspecified atom stereocenters. The highest BCUT2D eigenvalue weighted by molar-refractivity contribution is 6.07. The minimum absolute atomic E-state index is 0.159. The predicted octanol–water partition coefficient (Wildman–Crippen LogP) is 2.50. The molecule has 0 saturated carbocycles. The quantitative estimate of drug-likeness (QED) is 0.731. The van der Waals surface area contributed by atoms with Crippen molar-refractivity contribution in [1.82, 2.24) is 10.3 Å². The van der Waals surface area contributed by atoms with Crippen LogP contribution in [0.2, 0.25) is 0 Å². The first-order chi connectivity index (χ1) is 11.8. The monoisotopic (exact) mass is 321 g/mol. The Morgan fingerprint density at radius 1 is 1.08 bits per heavy atom. The van der Waals surface area contributed by atoms with Crippen LogP contribution in [0.25, 0.3) is 10.9 Å². The van der Waals surface area contributed by atoms with Crippen molar-refractivity contribution < 1.29 is 9.53 Å². The largest absolute Gasteiger partial charge is 0.487 e. The Morgan fingerprint density at radius 2 is 1.92 bits per heavy atom. The van der Waals surface area contributed by atoms with E-state index in [1.165, 1.54) is 0 Å². The van der Waals surface area contributed by atoms with Crippen LogP contribution in [0, 0.1) is 0 Å². The van der Waals surface area contributed by atoms with E-state index >= 15 is 0 Å². The van der Waals surface area contributed by atoms with E-state index in [0.717, 1.165) is 10.9 Å². The molecule has 5 heteroatoms. The number of hydrogen-bond donors (Lipinski definition) is 2. The molecular weight excluding hydrogens is 302 g/mol. The van der Waals surface area contributed by atoms with Crippen LogP contribution < -0.4 is 15.8 Å². The first-order valence-electron chi connectivity index (χ1n) is 7.82. The second-order valence-electron chi connectivity index (χ2n) is 5.33. The van der Waals surface area contributed by atoms with Gasteiger partial charge in [-0.25, -0.2) is 0 Å². The molecule has 0 atom stereocenters. The van der Waals surface area contributed by atoms with Crippen molar-refractivity contribution >= 4 is 16.8 Å². The van der Waals surface area contributed by atoms with E-state index in [1.54, 1.807) is 18.3 Å². The maximum Gasteiger partial charge on any atom is 0.252 e. The van der Waals surface area contributed by atoms with Crippen LogP contribution in [-0.2, 0) is 6.61 Å². The fourth-order valence-corrected chi connectivity index (χ4v) is 2.48. The van der Waals surface area contributed by atoms with E-state index in [1.807, 2.05) is 42.5 Å². The Kier molecular flexibility index (Phi) is 5.03. The number of nitrogens with two attached hydrogens (primary N) is 1. The van der Waals surface area contributed by atoms with Crippen LogP contribution in [0.3, 0.4) is 0 Å². The Hall–Kier alpha value is -2.92. The fourth-order valence-electron chi connectivity index (χ4n) is 2.48. The van der Waals surface area contributed by atoms with Gasteiger partial charge < -0.3 is 15.8 Å². The molecule has 0 aliphatic rings. The molecule has 0 radical (unpaired) electrons. The summed E-state index contributed by atoms with van der Waals surface area (Å²) in [6.07, 6.45) is 1.69. The summed E-state index contributed by atoms with van der Waals surface area (Å²) in [5.74, 6) is 0.498. The highest BCUT2D eigenvalue weighted by Crippen LogP contribution is 2.27. The van der Waals surface area contributed by atoms with Gasteiger partial charge in [0.25, 0.3) is 5.91 Å². The minimum atomic E-state index is -0.159. The molecule has 0 bridgehead atoms. The Balaban J connectivity index is 1.89. The van der Waals surface area contributed by atoms with Crippen LogP contribution in [0.1, 0.15) is 15.9 Å². The minimum Gasteiger partial charge on any atom is -0.487 e. The average molecular weight is 321 g/mol. The molecule has 24 heavy (non-hydrogen) atoms. The topological polar surface area (TPSA) is 77.2 Å². The molecular formula is C19H19N3O2. The van der Waals surface area contributed by atoms with Crippen molar-refractivity contribution in [2.45, 2.75) is 6.61 Å². The van der Waals surface area contributed by atoms with E-state index in [-0.39, 0.29) is 5.91 Å². The molecule has 1 heterocycles. The van der Waals surface area contributed by atoms with Gasteiger partial charge in [-0.3, -0.25) is 9.78 Å². The first-order valence-corrected chi connectivity index (χ1v) is 7.82. The maximum absolute atomic E-state index is 12.3. The third kappa shape index (κ3) is 3.52. The summed E-state index contributed by atoms with van der Waals surface area (Å²) in [5.41, 5.74) is 7.76. The van der Waals surface area contributed by atoms with Crippen LogP contribution in [-0.4, -0.2) is 24.0 Å². The van der Waals surface area contributed by atoms with Crippen LogP contribution in [0.5, 0.6) is 5.75 Å². The fraction of sp³-hybridized carbons (Fsp3) is 0.158. The van der Waals surface area contributed by atoms with Gasteiger partial charge in [0.05, 0.1) is 0 Å². The number of ether oxygens (including phenoxy) is 1. The van der Waals surface area contributed by atoms with Gasteiger partial charge in [-0.15, -0.1) is 0 Å². The molecule has 0 saturated heterocycles. The number of amides is 1. The highest BCUT2D eigenvalue weighted by atomic mass is 16.5. The van der Waals surface area contributed by atoms with E-state index in [9.17, 15) is 4.79 Å². The lowest BCUT2D eigenvalue weighted by atomic mass is 10.1. The Labute approximate surface area is 140 Å². The Bertz CT molecular complexity index is 834. The van der Waals surface area contributed by atoms with Crippen LogP contribution >= 0.6 is 0 Å². The number of rotatable bonds is 6. The second-order valence-corrected chi connectivity index (χ2v) is 5.33. The number of pyridine rings is 1. The zero-order valence-electron chi connectivity index (χ0n) is 13.2. The van der Waals surface area contributed by atoms with Crippen molar-refractivity contribution in [2.75, 3.05) is 13.1 Å². The lowest BCUT2D eigenvalue weighted by Gasteiger charge is -2.12. The molecule has 3 N–H and O–H groups in total. The molecule has 122 valence electrons. The first kappa shape index (κ1) is 16.0. The van der Waals surface area contributed by atoms with Gasteiger partial charge in [0.1, 0.15) is 17.9 Å². The van der Waals surface area contributed by atoms with E-state index in [2.05, 4.69) is 10.3 Å².